The van der Waals surface area contributed by atoms with Gasteiger partial charge in [-0.25, -0.2) is 0 Å². The number of guanidine groups is 1. The quantitative estimate of drug-likeness (QED) is 0.391. The van der Waals surface area contributed by atoms with E-state index < -0.39 is 0 Å². The van der Waals surface area contributed by atoms with E-state index in [1.54, 1.807) is 13.3 Å². The van der Waals surface area contributed by atoms with Crippen LogP contribution in [0.25, 0.3) is 0 Å². The molecule has 2 aliphatic heterocycles. The van der Waals surface area contributed by atoms with Crippen molar-refractivity contribution >= 4 is 5.96 Å². The molecule has 0 amide bonds. The van der Waals surface area contributed by atoms with E-state index in [9.17, 15) is 0 Å². The fraction of sp³-hybridized carbons (Fsp3) is 0.500. The number of furan rings is 1. The minimum Gasteiger partial charge on any atom is -0.492 e. The van der Waals surface area contributed by atoms with E-state index in [0.717, 1.165) is 48.6 Å². The second-order valence-corrected chi connectivity index (χ2v) is 7.37. The van der Waals surface area contributed by atoms with Crippen molar-refractivity contribution in [2.24, 2.45) is 4.99 Å². The molecule has 2 N–H and O–H groups in total. The molecule has 1 unspecified atom stereocenters. The number of piperidine rings is 1. The van der Waals surface area contributed by atoms with Gasteiger partial charge in [0.1, 0.15) is 18.1 Å². The highest BCUT2D eigenvalue weighted by molar-refractivity contribution is 5.79. The summed E-state index contributed by atoms with van der Waals surface area (Å²) in [4.78, 5) is 6.82. The van der Waals surface area contributed by atoms with Gasteiger partial charge in [0.05, 0.1) is 18.8 Å². The summed E-state index contributed by atoms with van der Waals surface area (Å²) in [6.45, 7) is 4.33. The smallest absolute Gasteiger partial charge is 0.231 e. The third-order valence-corrected chi connectivity index (χ3v) is 5.40. The lowest BCUT2D eigenvalue weighted by Crippen LogP contribution is -2.45. The highest BCUT2D eigenvalue weighted by Crippen LogP contribution is 2.35. The summed E-state index contributed by atoms with van der Waals surface area (Å²) in [7, 11) is 1.77. The molecule has 0 spiro atoms. The molecule has 0 radical (unpaired) electrons. The predicted molar refractivity (Wildman–Crippen MR) is 114 cm³/mol. The zero-order valence-electron chi connectivity index (χ0n) is 17.4. The predicted octanol–water partition coefficient (Wildman–Crippen LogP) is 2.78. The molecule has 1 saturated heterocycles. The number of hydrogen-bond donors (Lipinski definition) is 2. The van der Waals surface area contributed by atoms with Crippen LogP contribution in [0, 0.1) is 0 Å². The van der Waals surface area contributed by atoms with Gasteiger partial charge in [-0.3, -0.25) is 9.89 Å². The average Bonchev–Trinajstić information content (AvgIpc) is 3.48. The van der Waals surface area contributed by atoms with E-state index in [2.05, 4.69) is 26.6 Å². The maximum Gasteiger partial charge on any atom is 0.231 e. The molecule has 2 aromatic rings. The Hall–Kier alpha value is -2.87. The molecular formula is C22H30N4O4. The molecule has 8 nitrogen and oxygen atoms in total. The maximum atomic E-state index is 5.80. The SMILES string of the molecule is CN=C(NCCOc1ccc2c(c1)OCO2)NCC(c1ccco1)N1CCCCC1. The zero-order valence-corrected chi connectivity index (χ0v) is 17.4. The summed E-state index contributed by atoms with van der Waals surface area (Å²) in [5.74, 6) is 3.97. The molecule has 0 aliphatic carbocycles. The Labute approximate surface area is 177 Å². The van der Waals surface area contributed by atoms with Crippen LogP contribution in [0.1, 0.15) is 31.1 Å². The molecule has 0 saturated carbocycles. The minimum atomic E-state index is 0.198. The van der Waals surface area contributed by atoms with Crippen molar-refractivity contribution < 1.29 is 18.6 Å². The maximum absolute atomic E-state index is 5.80. The Morgan fingerprint density at radius 1 is 1.13 bits per heavy atom. The molecule has 162 valence electrons. The van der Waals surface area contributed by atoms with E-state index >= 15 is 0 Å². The summed E-state index contributed by atoms with van der Waals surface area (Å²) in [5.41, 5.74) is 0. The normalized spacial score (nSPS) is 17.6. The van der Waals surface area contributed by atoms with Gasteiger partial charge in [-0.15, -0.1) is 0 Å². The molecule has 4 rings (SSSR count). The second kappa shape index (κ2) is 10.2. The molecule has 1 atom stereocenters. The monoisotopic (exact) mass is 414 g/mol. The number of fused-ring (bicyclic) bond motifs is 1. The number of rotatable bonds is 8. The summed E-state index contributed by atoms with van der Waals surface area (Å²) in [5, 5.41) is 6.74. The first-order valence-electron chi connectivity index (χ1n) is 10.6. The van der Waals surface area contributed by atoms with E-state index in [0.29, 0.717) is 13.2 Å². The van der Waals surface area contributed by atoms with Gasteiger partial charge in [-0.2, -0.15) is 0 Å². The van der Waals surface area contributed by atoms with E-state index in [1.165, 1.54) is 19.3 Å². The molecule has 1 aromatic carbocycles. The first-order chi connectivity index (χ1) is 14.8. The summed E-state index contributed by atoms with van der Waals surface area (Å²) >= 11 is 0. The highest BCUT2D eigenvalue weighted by Gasteiger charge is 2.24. The third-order valence-electron chi connectivity index (χ3n) is 5.40. The van der Waals surface area contributed by atoms with Crippen LogP contribution in [0.15, 0.2) is 46.0 Å². The highest BCUT2D eigenvalue weighted by atomic mass is 16.7. The topological polar surface area (TPSA) is 80.5 Å². The number of hydrogen-bond acceptors (Lipinski definition) is 6. The van der Waals surface area contributed by atoms with Crippen LogP contribution in [0.4, 0.5) is 0 Å². The Bertz CT molecular complexity index is 819. The van der Waals surface area contributed by atoms with Crippen LogP contribution >= 0.6 is 0 Å². The largest absolute Gasteiger partial charge is 0.492 e. The van der Waals surface area contributed by atoms with E-state index in [4.69, 9.17) is 18.6 Å². The van der Waals surface area contributed by atoms with Gasteiger partial charge >= 0.3 is 0 Å². The number of nitrogens with zero attached hydrogens (tertiary/aromatic N) is 2. The molecule has 0 bridgehead atoms. The van der Waals surface area contributed by atoms with Gasteiger partial charge in [-0.05, 0) is 50.2 Å². The number of ether oxygens (including phenoxy) is 3. The van der Waals surface area contributed by atoms with Crippen LogP contribution in [-0.4, -0.2) is 57.5 Å². The molecule has 8 heteroatoms. The van der Waals surface area contributed by atoms with Crippen molar-refractivity contribution in [2.75, 3.05) is 46.6 Å². The lowest BCUT2D eigenvalue weighted by molar-refractivity contribution is 0.146. The number of likely N-dealkylation sites (tertiary alicyclic amines) is 1. The second-order valence-electron chi connectivity index (χ2n) is 7.37. The van der Waals surface area contributed by atoms with Crippen LogP contribution in [0.5, 0.6) is 17.2 Å². The van der Waals surface area contributed by atoms with Gasteiger partial charge in [0.2, 0.25) is 6.79 Å². The number of benzene rings is 1. The molecule has 2 aliphatic rings. The van der Waals surface area contributed by atoms with Crippen molar-refractivity contribution in [1.82, 2.24) is 15.5 Å². The van der Waals surface area contributed by atoms with Crippen LogP contribution < -0.4 is 24.8 Å². The summed E-state index contributed by atoms with van der Waals surface area (Å²) in [6.07, 6.45) is 5.52. The van der Waals surface area contributed by atoms with Crippen molar-refractivity contribution in [3.63, 3.8) is 0 Å². The Morgan fingerprint density at radius 3 is 2.80 bits per heavy atom. The van der Waals surface area contributed by atoms with Crippen molar-refractivity contribution in [2.45, 2.75) is 25.3 Å². The Kier molecular flexibility index (Phi) is 6.97. The first kappa shape index (κ1) is 20.4. The zero-order chi connectivity index (χ0) is 20.6. The van der Waals surface area contributed by atoms with Gasteiger partial charge in [0, 0.05) is 19.7 Å². The van der Waals surface area contributed by atoms with Crippen molar-refractivity contribution in [3.8, 4) is 17.2 Å². The fourth-order valence-corrected chi connectivity index (χ4v) is 3.84. The summed E-state index contributed by atoms with van der Waals surface area (Å²) < 4.78 is 22.2. The molecular weight excluding hydrogens is 384 g/mol. The fourth-order valence-electron chi connectivity index (χ4n) is 3.84. The number of nitrogens with one attached hydrogen (secondary N) is 2. The van der Waals surface area contributed by atoms with E-state index in [1.807, 2.05) is 24.3 Å². The Balaban J connectivity index is 1.23. The average molecular weight is 415 g/mol. The molecule has 3 heterocycles. The van der Waals surface area contributed by atoms with E-state index in [-0.39, 0.29) is 12.8 Å². The van der Waals surface area contributed by atoms with Crippen LogP contribution in [-0.2, 0) is 0 Å². The molecule has 1 fully saturated rings. The minimum absolute atomic E-state index is 0.198. The third kappa shape index (κ3) is 5.18. The lowest BCUT2D eigenvalue weighted by Gasteiger charge is -2.33. The van der Waals surface area contributed by atoms with Crippen LogP contribution in [0.3, 0.4) is 0 Å². The first-order valence-corrected chi connectivity index (χ1v) is 10.6. The Morgan fingerprint density at radius 2 is 2.00 bits per heavy atom. The molecule has 30 heavy (non-hydrogen) atoms. The summed E-state index contributed by atoms with van der Waals surface area (Å²) in [6, 6.07) is 9.79. The standard InChI is InChI=1S/C22H30N4O4/c1-23-22(24-9-13-27-17-7-8-20-21(14-17)30-16-29-20)25-15-18(19-6-5-12-28-19)26-10-3-2-4-11-26/h5-8,12,14,18H,2-4,9-11,13,15-16H2,1H3,(H2,23,24,25). The van der Waals surface area contributed by atoms with Gasteiger partial charge < -0.3 is 29.3 Å². The lowest BCUT2D eigenvalue weighted by atomic mass is 10.1. The van der Waals surface area contributed by atoms with Crippen molar-refractivity contribution in [1.29, 1.82) is 0 Å². The van der Waals surface area contributed by atoms with Gasteiger partial charge in [0.15, 0.2) is 17.5 Å². The van der Waals surface area contributed by atoms with Gasteiger partial charge in [-0.1, -0.05) is 6.42 Å². The number of aliphatic imine (C=N–C) groups is 1. The molecule has 1 aromatic heterocycles. The van der Waals surface area contributed by atoms with Crippen molar-refractivity contribution in [3.05, 3.63) is 42.4 Å². The van der Waals surface area contributed by atoms with Gasteiger partial charge in [0.25, 0.3) is 0 Å². The van der Waals surface area contributed by atoms with Crippen LogP contribution in [0.2, 0.25) is 0 Å².